The second kappa shape index (κ2) is 11.0. The molecule has 5 aromatic rings. The van der Waals surface area contributed by atoms with E-state index in [4.69, 9.17) is 9.47 Å². The Balaban J connectivity index is 1.71. The third-order valence-electron chi connectivity index (χ3n) is 6.07. The van der Waals surface area contributed by atoms with Crippen molar-refractivity contribution in [2.24, 2.45) is 0 Å². The van der Waals surface area contributed by atoms with Crippen molar-refractivity contribution >= 4 is 38.7 Å². The minimum atomic E-state index is -3.89. The summed E-state index contributed by atoms with van der Waals surface area (Å²) in [6.45, 7) is 4.17. The van der Waals surface area contributed by atoms with Crippen LogP contribution in [0.5, 0.6) is 5.75 Å². The Kier molecular flexibility index (Phi) is 7.45. The van der Waals surface area contributed by atoms with Crippen molar-refractivity contribution in [3.8, 4) is 22.8 Å². The molecule has 11 heteroatoms. The van der Waals surface area contributed by atoms with Gasteiger partial charge in [-0.2, -0.15) is 0 Å². The lowest BCUT2D eigenvalue weighted by Crippen LogP contribution is -2.15. The van der Waals surface area contributed by atoms with Gasteiger partial charge in [0, 0.05) is 22.8 Å². The fourth-order valence-electron chi connectivity index (χ4n) is 4.22. The molecular formula is C28H26N4O5S2. The molecule has 0 aliphatic heterocycles. The summed E-state index contributed by atoms with van der Waals surface area (Å²) in [4.78, 5) is 12.4. The molecule has 0 aliphatic carbocycles. The molecule has 0 fully saturated rings. The molecule has 0 amide bonds. The third-order valence-corrected chi connectivity index (χ3v) is 8.78. The number of para-hydroxylation sites is 1. The highest BCUT2D eigenvalue weighted by Gasteiger charge is 2.27. The molecule has 200 valence electrons. The molecule has 0 aliphatic rings. The number of esters is 1. The number of fused-ring (bicyclic) bond motifs is 1. The number of benzene rings is 3. The number of carbonyl (C=O) groups is 1. The van der Waals surface area contributed by atoms with E-state index in [0.29, 0.717) is 39.8 Å². The average Bonchev–Trinajstić information content (AvgIpc) is 3.55. The van der Waals surface area contributed by atoms with Crippen molar-refractivity contribution in [2.45, 2.75) is 29.1 Å². The third kappa shape index (κ3) is 5.02. The number of ether oxygens (including phenoxy) is 2. The molecule has 0 unspecified atom stereocenters. The van der Waals surface area contributed by atoms with Crippen LogP contribution >= 0.6 is 11.8 Å². The lowest BCUT2D eigenvalue weighted by molar-refractivity contribution is -0.139. The Morgan fingerprint density at radius 1 is 0.974 bits per heavy atom. The van der Waals surface area contributed by atoms with E-state index in [-0.39, 0.29) is 4.90 Å². The van der Waals surface area contributed by atoms with Crippen LogP contribution in [0.3, 0.4) is 0 Å². The Hall–Kier alpha value is -4.09. The zero-order valence-electron chi connectivity index (χ0n) is 21.5. The van der Waals surface area contributed by atoms with Gasteiger partial charge in [0.15, 0.2) is 11.0 Å². The number of thioether (sulfide) groups is 1. The summed E-state index contributed by atoms with van der Waals surface area (Å²) in [5.74, 6) is 0.740. The molecule has 0 bridgehead atoms. The Morgan fingerprint density at radius 2 is 1.67 bits per heavy atom. The van der Waals surface area contributed by atoms with E-state index in [2.05, 4.69) is 10.2 Å². The van der Waals surface area contributed by atoms with Gasteiger partial charge in [0.1, 0.15) is 11.0 Å². The average molecular weight is 563 g/mol. The van der Waals surface area contributed by atoms with E-state index in [9.17, 15) is 13.2 Å². The first-order valence-electron chi connectivity index (χ1n) is 12.2. The van der Waals surface area contributed by atoms with Crippen LogP contribution in [0.15, 0.2) is 95.1 Å². The van der Waals surface area contributed by atoms with Crippen molar-refractivity contribution in [3.05, 3.63) is 85.1 Å². The van der Waals surface area contributed by atoms with Crippen LogP contribution < -0.4 is 4.74 Å². The number of nitrogens with zero attached hydrogens (tertiary/aromatic N) is 4. The molecular weight excluding hydrogens is 536 g/mol. The Bertz CT molecular complexity index is 1730. The summed E-state index contributed by atoms with van der Waals surface area (Å²) >= 11 is 1.20. The second-order valence-corrected chi connectivity index (χ2v) is 11.6. The molecule has 0 saturated heterocycles. The van der Waals surface area contributed by atoms with Gasteiger partial charge in [-0.25, -0.2) is 12.4 Å². The van der Waals surface area contributed by atoms with E-state index in [1.807, 2.05) is 43.3 Å². The molecule has 1 atom stereocenters. The Morgan fingerprint density at radius 3 is 2.36 bits per heavy atom. The highest BCUT2D eigenvalue weighted by atomic mass is 32.2. The van der Waals surface area contributed by atoms with Gasteiger partial charge in [-0.3, -0.25) is 9.36 Å². The van der Waals surface area contributed by atoms with Crippen LogP contribution in [0.4, 0.5) is 0 Å². The van der Waals surface area contributed by atoms with Crippen LogP contribution in [-0.4, -0.2) is 52.1 Å². The van der Waals surface area contributed by atoms with Gasteiger partial charge in [-0.15, -0.1) is 10.2 Å². The maximum atomic E-state index is 13.7. The van der Waals surface area contributed by atoms with Crippen LogP contribution in [0.1, 0.15) is 13.8 Å². The monoisotopic (exact) mass is 562 g/mol. The molecule has 0 spiro atoms. The van der Waals surface area contributed by atoms with Gasteiger partial charge in [0.2, 0.25) is 0 Å². The molecule has 0 radical (unpaired) electrons. The minimum Gasteiger partial charge on any atom is -0.494 e. The molecule has 9 nitrogen and oxygen atoms in total. The number of hydrogen-bond donors (Lipinski definition) is 0. The summed E-state index contributed by atoms with van der Waals surface area (Å²) in [7, 11) is -2.56. The lowest BCUT2D eigenvalue weighted by atomic mass is 10.1. The van der Waals surface area contributed by atoms with Gasteiger partial charge in [0.25, 0.3) is 10.0 Å². The van der Waals surface area contributed by atoms with E-state index < -0.39 is 21.2 Å². The topological polar surface area (TPSA) is 105 Å². The van der Waals surface area contributed by atoms with E-state index >= 15 is 0 Å². The van der Waals surface area contributed by atoms with Crippen LogP contribution in [0, 0.1) is 0 Å². The van der Waals surface area contributed by atoms with Crippen molar-refractivity contribution in [3.63, 3.8) is 0 Å². The fourth-order valence-corrected chi connectivity index (χ4v) is 6.50. The molecule has 2 heterocycles. The van der Waals surface area contributed by atoms with E-state index in [1.54, 1.807) is 60.2 Å². The summed E-state index contributed by atoms with van der Waals surface area (Å²) < 4.78 is 40.9. The van der Waals surface area contributed by atoms with Gasteiger partial charge in [-0.05, 0) is 56.3 Å². The van der Waals surface area contributed by atoms with Crippen LogP contribution in [0.2, 0.25) is 0 Å². The molecule has 0 N–H and O–H groups in total. The van der Waals surface area contributed by atoms with E-state index in [0.717, 1.165) is 5.69 Å². The first-order valence-corrected chi connectivity index (χ1v) is 14.5. The molecule has 39 heavy (non-hydrogen) atoms. The van der Waals surface area contributed by atoms with Gasteiger partial charge in [0.05, 0.1) is 24.1 Å². The normalized spacial score (nSPS) is 12.4. The molecule has 5 rings (SSSR count). The maximum Gasteiger partial charge on any atom is 0.318 e. The first kappa shape index (κ1) is 26.5. The largest absolute Gasteiger partial charge is 0.494 e. The first-order chi connectivity index (χ1) is 18.8. The number of aromatic nitrogens is 4. The summed E-state index contributed by atoms with van der Waals surface area (Å²) in [5, 5.41) is 9.47. The molecule has 0 saturated carbocycles. The minimum absolute atomic E-state index is 0.174. The molecule has 2 aromatic heterocycles. The quantitative estimate of drug-likeness (QED) is 0.179. The molecule has 3 aromatic carbocycles. The number of carbonyl (C=O) groups excluding carboxylic acids is 1. The smallest absolute Gasteiger partial charge is 0.318 e. The Labute approximate surface area is 230 Å². The van der Waals surface area contributed by atoms with Crippen molar-refractivity contribution < 1.29 is 22.7 Å². The highest BCUT2D eigenvalue weighted by molar-refractivity contribution is 8.00. The van der Waals surface area contributed by atoms with Gasteiger partial charge >= 0.3 is 5.97 Å². The lowest BCUT2D eigenvalue weighted by Gasteiger charge is -2.13. The number of rotatable bonds is 9. The van der Waals surface area contributed by atoms with Crippen molar-refractivity contribution in [1.82, 2.24) is 18.7 Å². The second-order valence-electron chi connectivity index (χ2n) is 8.53. The number of hydrogen-bond acceptors (Lipinski definition) is 8. The van der Waals surface area contributed by atoms with Gasteiger partial charge < -0.3 is 9.47 Å². The SMILES string of the molecule is CCOc1ccc(-n2c(S[C@@H](C)C(=O)OC)nnc2-c2cn(S(=O)(=O)c3ccccc3)c3ccccc23)cc1. The summed E-state index contributed by atoms with van der Waals surface area (Å²) in [6, 6.07) is 22.9. The number of methoxy groups -OCH3 is 1. The maximum absolute atomic E-state index is 13.7. The zero-order valence-corrected chi connectivity index (χ0v) is 23.1. The predicted molar refractivity (Wildman–Crippen MR) is 150 cm³/mol. The van der Waals surface area contributed by atoms with Crippen molar-refractivity contribution in [1.29, 1.82) is 0 Å². The fraction of sp³-hybridized carbons (Fsp3) is 0.179. The zero-order chi connectivity index (χ0) is 27.6. The van der Waals surface area contributed by atoms with E-state index in [1.165, 1.54) is 22.8 Å². The predicted octanol–water partition coefficient (Wildman–Crippen LogP) is 5.18. The summed E-state index contributed by atoms with van der Waals surface area (Å²) in [5.41, 5.74) is 1.81. The summed E-state index contributed by atoms with van der Waals surface area (Å²) in [6.07, 6.45) is 1.57. The highest BCUT2D eigenvalue weighted by Crippen LogP contribution is 2.36. The van der Waals surface area contributed by atoms with Crippen molar-refractivity contribution in [2.75, 3.05) is 13.7 Å². The van der Waals surface area contributed by atoms with Crippen LogP contribution in [0.25, 0.3) is 28.0 Å². The standard InChI is InChI=1S/C28H26N4O5S2/c1-4-37-21-16-14-20(15-17-21)32-26(29-30-28(32)38-19(2)27(33)36-3)24-18-31(25-13-9-8-12-23(24)25)39(34,35)22-10-6-5-7-11-22/h5-19H,4H2,1-3H3/t19-/m0/s1. The van der Waals surface area contributed by atoms with Crippen LogP contribution in [-0.2, 0) is 19.6 Å². The van der Waals surface area contributed by atoms with Gasteiger partial charge in [-0.1, -0.05) is 48.2 Å².